The molecule has 0 saturated carbocycles. The van der Waals surface area contributed by atoms with Crippen LogP contribution in [0.5, 0.6) is 0 Å². The van der Waals surface area contributed by atoms with Gasteiger partial charge in [-0.1, -0.05) is 0 Å². The first-order chi connectivity index (χ1) is 5.52. The first-order valence-electron chi connectivity index (χ1n) is 3.68. The lowest BCUT2D eigenvalue weighted by Crippen LogP contribution is -2.04. The Morgan fingerprint density at radius 1 is 0.923 bits per heavy atom. The molecule has 0 aliphatic heterocycles. The largest absolute Gasteiger partial charge is 0.389 e. The van der Waals surface area contributed by atoms with Crippen LogP contribution in [-0.2, 0) is 19.1 Å². The normalized spacial score (nSPS) is 11.1. The van der Waals surface area contributed by atoms with Gasteiger partial charge in [0, 0.05) is 0 Å². The number of hydrogen-bond acceptors (Lipinski definition) is 5. The van der Waals surface area contributed by atoms with Crippen molar-refractivity contribution in [2.45, 2.75) is 39.9 Å². The molecular weight excluding hydrogens is 218 g/mol. The molecule has 1 N–H and O–H groups in total. The van der Waals surface area contributed by atoms with Crippen molar-refractivity contribution in [1.29, 1.82) is 0 Å². The monoisotopic (exact) mass is 234 g/mol. The van der Waals surface area contributed by atoms with Gasteiger partial charge in [0.15, 0.2) is 0 Å². The van der Waals surface area contributed by atoms with Crippen LogP contribution in [0, 0.1) is 0 Å². The van der Waals surface area contributed by atoms with Crippen LogP contribution in [-0.4, -0.2) is 17.1 Å². The van der Waals surface area contributed by atoms with Crippen molar-refractivity contribution in [2.75, 3.05) is 0 Å². The minimum Gasteiger partial charge on any atom is -0.325 e. The van der Waals surface area contributed by atoms with Gasteiger partial charge in [-0.2, -0.15) is 9.35 Å². The Balaban J connectivity index is 0. The Morgan fingerprint density at radius 3 is 1.46 bits per heavy atom. The highest BCUT2D eigenvalue weighted by molar-refractivity contribution is 7.40. The number of halogens is 1. The van der Waals surface area contributed by atoms with Crippen molar-refractivity contribution < 1.29 is 24.0 Å². The summed E-state index contributed by atoms with van der Waals surface area (Å²) in [5.74, 6) is 0. The van der Waals surface area contributed by atoms with Crippen LogP contribution >= 0.6 is 21.0 Å². The van der Waals surface area contributed by atoms with E-state index in [4.69, 9.17) is 4.89 Å². The second kappa shape index (κ2) is 9.09. The third-order valence-corrected chi connectivity index (χ3v) is 1.03. The van der Waals surface area contributed by atoms with E-state index < -0.39 is 8.60 Å². The summed E-state index contributed by atoms with van der Waals surface area (Å²) in [7, 11) is -2.09. The van der Waals surface area contributed by atoms with Crippen molar-refractivity contribution in [3.63, 3.8) is 0 Å². The van der Waals surface area contributed by atoms with Crippen molar-refractivity contribution in [3.05, 3.63) is 0 Å². The Morgan fingerprint density at radius 2 is 1.23 bits per heavy atom. The standard InChI is InChI=1S/C6H15O5P.ClH/c1-5(2)8-10-12(7)11-9-6(3)4;/h5-7H,1-4H3;1H. The Kier molecular flexibility index (Phi) is 11.2. The van der Waals surface area contributed by atoms with E-state index in [1.807, 2.05) is 0 Å². The molecule has 0 heterocycles. The minimum atomic E-state index is -2.09. The molecule has 0 aliphatic carbocycles. The molecular formula is C6H16ClO5P. The Bertz CT molecular complexity index is 101. The van der Waals surface area contributed by atoms with Gasteiger partial charge in [-0.3, -0.25) is 0 Å². The van der Waals surface area contributed by atoms with Gasteiger partial charge in [-0.25, -0.2) is 9.78 Å². The molecule has 0 aromatic heterocycles. The molecule has 0 saturated heterocycles. The summed E-state index contributed by atoms with van der Waals surface area (Å²) in [5, 5.41) is 0. The topological polar surface area (TPSA) is 57.2 Å². The van der Waals surface area contributed by atoms with E-state index in [9.17, 15) is 0 Å². The van der Waals surface area contributed by atoms with Crippen molar-refractivity contribution in [2.24, 2.45) is 0 Å². The van der Waals surface area contributed by atoms with E-state index in [2.05, 4.69) is 19.1 Å². The maximum atomic E-state index is 8.92. The van der Waals surface area contributed by atoms with Crippen molar-refractivity contribution in [3.8, 4) is 0 Å². The summed E-state index contributed by atoms with van der Waals surface area (Å²) in [6, 6.07) is 0. The average Bonchev–Trinajstić information content (AvgIpc) is 1.96. The van der Waals surface area contributed by atoms with Gasteiger partial charge in [-0.15, -0.1) is 12.4 Å². The third-order valence-electron chi connectivity index (χ3n) is 0.598. The zero-order valence-electron chi connectivity index (χ0n) is 8.09. The van der Waals surface area contributed by atoms with Crippen molar-refractivity contribution >= 4 is 21.0 Å². The fourth-order valence-electron chi connectivity index (χ4n) is 0.258. The molecule has 5 nitrogen and oxygen atoms in total. The molecule has 82 valence electrons. The molecule has 0 unspecified atom stereocenters. The summed E-state index contributed by atoms with van der Waals surface area (Å²) in [4.78, 5) is 18.1. The smallest absolute Gasteiger partial charge is 0.325 e. The highest BCUT2D eigenvalue weighted by Crippen LogP contribution is 2.34. The van der Waals surface area contributed by atoms with Crippen LogP contribution in [0.4, 0.5) is 0 Å². The van der Waals surface area contributed by atoms with Crippen LogP contribution in [0.25, 0.3) is 0 Å². The predicted octanol–water partition coefficient (Wildman–Crippen LogP) is 2.34. The fourth-order valence-corrected chi connectivity index (χ4v) is 0.775. The zero-order valence-corrected chi connectivity index (χ0v) is 9.80. The SMILES string of the molecule is CC(C)OOP(O)OOC(C)C.Cl. The van der Waals surface area contributed by atoms with Gasteiger partial charge in [-0.05, 0) is 27.7 Å². The molecule has 0 rings (SSSR count). The van der Waals surface area contributed by atoms with Crippen LogP contribution < -0.4 is 0 Å². The second-order valence-corrected chi connectivity index (χ2v) is 3.45. The number of rotatable bonds is 6. The van der Waals surface area contributed by atoms with Crippen LogP contribution in [0.15, 0.2) is 0 Å². The van der Waals surface area contributed by atoms with Crippen molar-refractivity contribution in [1.82, 2.24) is 0 Å². The molecule has 0 atom stereocenters. The zero-order chi connectivity index (χ0) is 9.56. The molecule has 0 bridgehead atoms. The average molecular weight is 235 g/mol. The molecule has 0 aliphatic rings. The Hall–Kier alpha value is 0.520. The van der Waals surface area contributed by atoms with E-state index in [-0.39, 0.29) is 24.6 Å². The summed E-state index contributed by atoms with van der Waals surface area (Å²) < 4.78 is 8.85. The molecule has 0 fully saturated rings. The molecule has 0 radical (unpaired) electrons. The summed E-state index contributed by atoms with van der Waals surface area (Å²) >= 11 is 0. The highest BCUT2D eigenvalue weighted by atomic mass is 35.5. The van der Waals surface area contributed by atoms with Gasteiger partial charge in [0.05, 0.1) is 12.2 Å². The van der Waals surface area contributed by atoms with Gasteiger partial charge < -0.3 is 4.89 Å². The fraction of sp³-hybridized carbons (Fsp3) is 1.00. The van der Waals surface area contributed by atoms with E-state index in [0.29, 0.717) is 0 Å². The van der Waals surface area contributed by atoms with Gasteiger partial charge in [0.25, 0.3) is 0 Å². The molecule has 0 spiro atoms. The first-order valence-corrected chi connectivity index (χ1v) is 4.81. The summed E-state index contributed by atoms with van der Waals surface area (Å²) in [6.45, 7) is 7.08. The summed E-state index contributed by atoms with van der Waals surface area (Å²) in [5.41, 5.74) is 0. The molecule has 13 heavy (non-hydrogen) atoms. The maximum absolute atomic E-state index is 8.92. The van der Waals surface area contributed by atoms with Crippen LogP contribution in [0.3, 0.4) is 0 Å². The Labute approximate surface area is 85.6 Å². The van der Waals surface area contributed by atoms with E-state index in [1.54, 1.807) is 27.7 Å². The van der Waals surface area contributed by atoms with Crippen LogP contribution in [0.2, 0.25) is 0 Å². The lowest BCUT2D eigenvalue weighted by atomic mass is 10.5. The lowest BCUT2D eigenvalue weighted by molar-refractivity contribution is -0.291. The van der Waals surface area contributed by atoms with E-state index in [1.165, 1.54) is 0 Å². The maximum Gasteiger partial charge on any atom is 0.389 e. The molecule has 0 aromatic carbocycles. The third kappa shape index (κ3) is 12.5. The summed E-state index contributed by atoms with van der Waals surface area (Å²) in [6.07, 6.45) is -0.241. The van der Waals surface area contributed by atoms with Gasteiger partial charge in [0.1, 0.15) is 0 Å². The van der Waals surface area contributed by atoms with Gasteiger partial charge in [0.2, 0.25) is 0 Å². The minimum absolute atomic E-state index is 0. The molecule has 0 amide bonds. The van der Waals surface area contributed by atoms with Gasteiger partial charge >= 0.3 is 8.60 Å². The van der Waals surface area contributed by atoms with E-state index in [0.717, 1.165) is 0 Å². The predicted molar refractivity (Wildman–Crippen MR) is 51.0 cm³/mol. The quantitative estimate of drug-likeness (QED) is 0.434. The second-order valence-electron chi connectivity index (χ2n) is 2.68. The first kappa shape index (κ1) is 16.0. The number of hydrogen-bond donors (Lipinski definition) is 1. The molecule has 7 heteroatoms. The molecule has 0 aromatic rings. The van der Waals surface area contributed by atoms with Crippen LogP contribution in [0.1, 0.15) is 27.7 Å². The van der Waals surface area contributed by atoms with E-state index >= 15 is 0 Å². The lowest BCUT2D eigenvalue weighted by Gasteiger charge is -2.11. The highest BCUT2D eigenvalue weighted by Gasteiger charge is 2.11.